The van der Waals surface area contributed by atoms with E-state index in [9.17, 15) is 4.79 Å². The van der Waals surface area contributed by atoms with E-state index in [1.165, 1.54) is 16.7 Å². The number of thioether (sulfide) groups is 1. The van der Waals surface area contributed by atoms with Crippen LogP contribution in [0, 0.1) is 0 Å². The van der Waals surface area contributed by atoms with Gasteiger partial charge in [-0.1, -0.05) is 23.4 Å². The Kier molecular flexibility index (Phi) is 4.13. The normalized spacial score (nSPS) is 15.9. The van der Waals surface area contributed by atoms with Gasteiger partial charge in [0.1, 0.15) is 11.0 Å². The molecule has 0 radical (unpaired) electrons. The maximum absolute atomic E-state index is 10.8. The minimum atomic E-state index is -0.875. The maximum atomic E-state index is 10.8. The Morgan fingerprint density at radius 2 is 2.06 bits per heavy atom. The van der Waals surface area contributed by atoms with Gasteiger partial charge < -0.3 is 14.9 Å². The molecule has 1 saturated heterocycles. The van der Waals surface area contributed by atoms with Crippen LogP contribution in [0.25, 0.3) is 0 Å². The molecule has 1 N–H and O–H groups in total. The van der Waals surface area contributed by atoms with E-state index >= 15 is 0 Å². The molecule has 0 spiro atoms. The van der Waals surface area contributed by atoms with Gasteiger partial charge in [-0.15, -0.1) is 0 Å². The zero-order valence-electron chi connectivity index (χ0n) is 9.84. The first kappa shape index (κ1) is 13.2. The summed E-state index contributed by atoms with van der Waals surface area (Å²) < 4.78 is 0. The molecule has 98 valence electrons. The molecule has 0 aromatic carbocycles. The first-order chi connectivity index (χ1) is 8.60. The van der Waals surface area contributed by atoms with Crippen LogP contribution in [0.4, 0.5) is 10.6 Å². The van der Waals surface area contributed by atoms with Crippen molar-refractivity contribution in [2.45, 2.75) is 5.16 Å². The fraction of sp³-hybridized carbons (Fsp3) is 0.500. The zero-order valence-corrected chi connectivity index (χ0v) is 11.4. The summed E-state index contributed by atoms with van der Waals surface area (Å²) in [6.07, 6.45) is 1.01. The van der Waals surface area contributed by atoms with E-state index in [1.54, 1.807) is 6.07 Å². The lowest BCUT2D eigenvalue weighted by atomic mass is 10.3. The van der Waals surface area contributed by atoms with Gasteiger partial charge in [0.05, 0.1) is 0 Å². The Balaban J connectivity index is 2.09. The van der Waals surface area contributed by atoms with E-state index in [0.717, 1.165) is 5.82 Å². The largest absolute Gasteiger partial charge is 0.465 e. The van der Waals surface area contributed by atoms with Crippen LogP contribution in [0.2, 0.25) is 5.15 Å². The second-order valence-corrected chi connectivity index (χ2v) is 4.95. The van der Waals surface area contributed by atoms with Crippen LogP contribution in [0.1, 0.15) is 0 Å². The van der Waals surface area contributed by atoms with E-state index in [1.807, 2.05) is 11.2 Å². The summed E-state index contributed by atoms with van der Waals surface area (Å²) in [5.41, 5.74) is 0. The zero-order chi connectivity index (χ0) is 13.1. The molecule has 2 heterocycles. The summed E-state index contributed by atoms with van der Waals surface area (Å²) in [7, 11) is 0. The third-order valence-corrected chi connectivity index (χ3v) is 3.46. The molecule has 1 aliphatic heterocycles. The molecule has 8 heteroatoms. The van der Waals surface area contributed by atoms with Gasteiger partial charge in [0.2, 0.25) is 0 Å². The number of piperazine rings is 1. The van der Waals surface area contributed by atoms with Crippen LogP contribution in [-0.4, -0.2) is 58.5 Å². The average molecular weight is 289 g/mol. The highest BCUT2D eigenvalue weighted by Gasteiger charge is 2.21. The Morgan fingerprint density at radius 1 is 1.39 bits per heavy atom. The predicted octanol–water partition coefficient (Wildman–Crippen LogP) is 1.65. The molecule has 18 heavy (non-hydrogen) atoms. The summed E-state index contributed by atoms with van der Waals surface area (Å²) >= 11 is 7.36. The SMILES string of the molecule is CSc1nc(Cl)cc(N2CCN(C(=O)O)CC2)n1. The van der Waals surface area contributed by atoms with Crippen LogP contribution in [0.5, 0.6) is 0 Å². The summed E-state index contributed by atoms with van der Waals surface area (Å²) in [6, 6.07) is 1.71. The Hall–Kier alpha value is -1.21. The number of hydrogen-bond acceptors (Lipinski definition) is 5. The molecule has 1 aromatic rings. The van der Waals surface area contributed by atoms with Crippen molar-refractivity contribution in [1.82, 2.24) is 14.9 Å². The Morgan fingerprint density at radius 3 is 2.61 bits per heavy atom. The minimum absolute atomic E-state index is 0.407. The van der Waals surface area contributed by atoms with Gasteiger partial charge in [0, 0.05) is 32.2 Å². The number of carboxylic acid groups (broad SMARTS) is 1. The van der Waals surface area contributed by atoms with Crippen LogP contribution < -0.4 is 4.90 Å². The summed E-state index contributed by atoms with van der Waals surface area (Å²) in [5.74, 6) is 0.754. The van der Waals surface area contributed by atoms with E-state index in [0.29, 0.717) is 36.5 Å². The van der Waals surface area contributed by atoms with Crippen LogP contribution in [-0.2, 0) is 0 Å². The Labute approximate surface area is 114 Å². The second-order valence-electron chi connectivity index (χ2n) is 3.79. The number of carbonyl (C=O) groups is 1. The van der Waals surface area contributed by atoms with Gasteiger partial charge in [-0.25, -0.2) is 14.8 Å². The second kappa shape index (κ2) is 5.62. The van der Waals surface area contributed by atoms with Crippen LogP contribution in [0.3, 0.4) is 0 Å². The maximum Gasteiger partial charge on any atom is 0.407 e. The van der Waals surface area contributed by atoms with Crippen molar-refractivity contribution in [3.05, 3.63) is 11.2 Å². The van der Waals surface area contributed by atoms with Gasteiger partial charge in [0.15, 0.2) is 5.16 Å². The monoisotopic (exact) mass is 288 g/mol. The summed E-state index contributed by atoms with van der Waals surface area (Å²) in [4.78, 5) is 22.7. The highest BCUT2D eigenvalue weighted by molar-refractivity contribution is 7.98. The fourth-order valence-corrected chi connectivity index (χ4v) is 2.37. The van der Waals surface area contributed by atoms with Crippen molar-refractivity contribution < 1.29 is 9.90 Å². The summed E-state index contributed by atoms with van der Waals surface area (Å²) in [6.45, 7) is 2.19. The molecule has 2 rings (SSSR count). The Bertz CT molecular complexity index is 452. The van der Waals surface area contributed by atoms with E-state index in [2.05, 4.69) is 9.97 Å². The molecule has 0 bridgehead atoms. The minimum Gasteiger partial charge on any atom is -0.465 e. The van der Waals surface area contributed by atoms with E-state index in [-0.39, 0.29) is 0 Å². The first-order valence-corrected chi connectivity index (χ1v) is 7.02. The number of hydrogen-bond donors (Lipinski definition) is 1. The number of amides is 1. The highest BCUT2D eigenvalue weighted by atomic mass is 35.5. The average Bonchev–Trinajstić information content (AvgIpc) is 2.38. The molecular weight excluding hydrogens is 276 g/mol. The quantitative estimate of drug-likeness (QED) is 0.507. The lowest BCUT2D eigenvalue weighted by molar-refractivity contribution is 0.142. The van der Waals surface area contributed by atoms with Gasteiger partial charge in [-0.05, 0) is 6.26 Å². The smallest absolute Gasteiger partial charge is 0.407 e. The van der Waals surface area contributed by atoms with Crippen LogP contribution >= 0.6 is 23.4 Å². The van der Waals surface area contributed by atoms with E-state index < -0.39 is 6.09 Å². The molecule has 1 aromatic heterocycles. The van der Waals surface area contributed by atoms with Gasteiger partial charge >= 0.3 is 6.09 Å². The van der Waals surface area contributed by atoms with Gasteiger partial charge in [0.25, 0.3) is 0 Å². The van der Waals surface area contributed by atoms with Crippen molar-refractivity contribution in [1.29, 1.82) is 0 Å². The third-order valence-electron chi connectivity index (χ3n) is 2.72. The van der Waals surface area contributed by atoms with E-state index in [4.69, 9.17) is 16.7 Å². The van der Waals surface area contributed by atoms with Crippen molar-refractivity contribution in [2.75, 3.05) is 37.3 Å². The van der Waals surface area contributed by atoms with Crippen LogP contribution in [0.15, 0.2) is 11.2 Å². The molecular formula is C10H13ClN4O2S. The first-order valence-electron chi connectivity index (χ1n) is 5.41. The number of halogens is 1. The molecule has 0 saturated carbocycles. The molecule has 0 unspecified atom stereocenters. The van der Waals surface area contributed by atoms with Gasteiger partial charge in [-0.2, -0.15) is 0 Å². The molecule has 1 aliphatic rings. The topological polar surface area (TPSA) is 69.6 Å². The number of anilines is 1. The molecule has 6 nitrogen and oxygen atoms in total. The molecule has 1 amide bonds. The standard InChI is InChI=1S/C10H13ClN4O2S/c1-18-9-12-7(11)6-8(13-9)14-2-4-15(5-3-14)10(16)17/h6H,2-5H2,1H3,(H,16,17). The lowest BCUT2D eigenvalue weighted by Crippen LogP contribution is -2.48. The fourth-order valence-electron chi connectivity index (χ4n) is 1.77. The van der Waals surface area contributed by atoms with Gasteiger partial charge in [-0.3, -0.25) is 0 Å². The molecule has 1 fully saturated rings. The number of rotatable bonds is 2. The predicted molar refractivity (Wildman–Crippen MR) is 70.6 cm³/mol. The number of nitrogens with zero attached hydrogens (tertiary/aromatic N) is 4. The van der Waals surface area contributed by atoms with Crippen molar-refractivity contribution >= 4 is 35.3 Å². The number of aromatic nitrogens is 2. The highest BCUT2D eigenvalue weighted by Crippen LogP contribution is 2.21. The molecule has 0 atom stereocenters. The molecule has 0 aliphatic carbocycles. The van der Waals surface area contributed by atoms with Crippen molar-refractivity contribution in [3.8, 4) is 0 Å². The lowest BCUT2D eigenvalue weighted by Gasteiger charge is -2.33. The third kappa shape index (κ3) is 2.97. The van der Waals surface area contributed by atoms with Crippen molar-refractivity contribution in [2.24, 2.45) is 0 Å². The summed E-state index contributed by atoms with van der Waals surface area (Å²) in [5, 5.41) is 9.91. The van der Waals surface area contributed by atoms with Crippen molar-refractivity contribution in [3.63, 3.8) is 0 Å².